The van der Waals surface area contributed by atoms with E-state index in [9.17, 15) is 19.1 Å². The Morgan fingerprint density at radius 3 is 2.61 bits per heavy atom. The summed E-state index contributed by atoms with van der Waals surface area (Å²) in [5.74, 6) is -1.73. The molecule has 2 aromatic carbocycles. The van der Waals surface area contributed by atoms with E-state index in [1.54, 1.807) is 24.3 Å². The van der Waals surface area contributed by atoms with E-state index >= 15 is 0 Å². The van der Waals surface area contributed by atoms with Gasteiger partial charge in [0, 0.05) is 22.5 Å². The third kappa shape index (κ3) is 5.38. The molecule has 4 N–H and O–H groups in total. The number of benzene rings is 2. The molecule has 0 aliphatic heterocycles. The van der Waals surface area contributed by atoms with Crippen LogP contribution in [0.15, 0.2) is 36.4 Å². The second-order valence-electron chi connectivity index (χ2n) is 9.64. The maximum atomic E-state index is 13.5. The van der Waals surface area contributed by atoms with Crippen molar-refractivity contribution in [3.63, 3.8) is 0 Å². The number of carbonyl (C=O) groups excluding carboxylic acids is 1. The van der Waals surface area contributed by atoms with Gasteiger partial charge in [-0.15, -0.1) is 0 Å². The molecule has 0 spiro atoms. The van der Waals surface area contributed by atoms with Crippen LogP contribution < -0.4 is 10.6 Å². The zero-order chi connectivity index (χ0) is 26.0. The highest BCUT2D eigenvalue weighted by atomic mass is 35.5. The predicted molar refractivity (Wildman–Crippen MR) is 140 cm³/mol. The van der Waals surface area contributed by atoms with E-state index in [2.05, 4.69) is 15.6 Å². The summed E-state index contributed by atoms with van der Waals surface area (Å²) in [6.45, 7) is 4.45. The van der Waals surface area contributed by atoms with E-state index < -0.39 is 17.6 Å². The molecule has 1 aliphatic rings. The first-order valence-corrected chi connectivity index (χ1v) is 12.9. The molecule has 1 aromatic heterocycles. The summed E-state index contributed by atoms with van der Waals surface area (Å²) in [7, 11) is 0. The third-order valence-electron chi connectivity index (χ3n) is 7.26. The number of aromatic amines is 1. The van der Waals surface area contributed by atoms with Crippen LogP contribution in [0.4, 0.5) is 4.39 Å². The van der Waals surface area contributed by atoms with Crippen LogP contribution in [0.3, 0.4) is 0 Å². The Kier molecular flexibility index (Phi) is 7.93. The highest BCUT2D eigenvalue weighted by Crippen LogP contribution is 2.38. The van der Waals surface area contributed by atoms with Crippen molar-refractivity contribution in [2.75, 3.05) is 6.54 Å². The van der Waals surface area contributed by atoms with Crippen molar-refractivity contribution in [1.29, 1.82) is 0 Å². The van der Waals surface area contributed by atoms with Crippen LogP contribution in [-0.2, 0) is 28.9 Å². The molecule has 3 aromatic rings. The summed E-state index contributed by atoms with van der Waals surface area (Å²) in [4.78, 5) is 29.4. The van der Waals surface area contributed by atoms with Gasteiger partial charge in [-0.1, -0.05) is 55.6 Å². The highest BCUT2D eigenvalue weighted by Gasteiger charge is 2.45. The van der Waals surface area contributed by atoms with Crippen molar-refractivity contribution in [2.45, 2.75) is 57.5 Å². The molecule has 0 radical (unpaired) electrons. The zero-order valence-corrected chi connectivity index (χ0v) is 21.8. The van der Waals surface area contributed by atoms with Crippen LogP contribution in [0.2, 0.25) is 10.0 Å². The molecule has 3 atom stereocenters. The number of amides is 1. The van der Waals surface area contributed by atoms with E-state index in [0.717, 1.165) is 34.1 Å². The number of carbonyl (C=O) groups is 2. The number of aliphatic carboxylic acids is 1. The van der Waals surface area contributed by atoms with E-state index in [-0.39, 0.29) is 30.5 Å². The Morgan fingerprint density at radius 2 is 1.94 bits per heavy atom. The lowest BCUT2D eigenvalue weighted by molar-refractivity contribution is -0.148. The van der Waals surface area contributed by atoms with Crippen molar-refractivity contribution in [2.24, 2.45) is 5.92 Å². The molecule has 0 fully saturated rings. The van der Waals surface area contributed by atoms with Crippen LogP contribution in [0.1, 0.15) is 43.5 Å². The van der Waals surface area contributed by atoms with E-state index in [4.69, 9.17) is 23.2 Å². The maximum absolute atomic E-state index is 13.5. The molecule has 0 saturated carbocycles. The molecule has 1 amide bonds. The van der Waals surface area contributed by atoms with Crippen molar-refractivity contribution in [1.82, 2.24) is 15.6 Å². The number of halogens is 3. The van der Waals surface area contributed by atoms with E-state index in [1.807, 2.05) is 13.8 Å². The van der Waals surface area contributed by atoms with Gasteiger partial charge in [-0.3, -0.25) is 4.79 Å². The lowest BCUT2D eigenvalue weighted by atomic mass is 9.79. The fraction of sp³-hybridized carbons (Fsp3) is 0.407. The van der Waals surface area contributed by atoms with Gasteiger partial charge in [-0.25, -0.2) is 9.18 Å². The van der Waals surface area contributed by atoms with Gasteiger partial charge in [0.15, 0.2) is 0 Å². The van der Waals surface area contributed by atoms with Gasteiger partial charge in [-0.05, 0) is 67.1 Å². The number of H-pyrrole nitrogens is 1. The Labute approximate surface area is 219 Å². The number of hydrogen-bond donors (Lipinski definition) is 4. The first-order valence-electron chi connectivity index (χ1n) is 12.1. The minimum atomic E-state index is -1.45. The second-order valence-corrected chi connectivity index (χ2v) is 10.5. The van der Waals surface area contributed by atoms with Gasteiger partial charge in [0.05, 0.1) is 16.6 Å². The lowest BCUT2D eigenvalue weighted by Gasteiger charge is -2.36. The van der Waals surface area contributed by atoms with Gasteiger partial charge in [0.25, 0.3) is 0 Å². The van der Waals surface area contributed by atoms with Gasteiger partial charge in [-0.2, -0.15) is 0 Å². The Balaban J connectivity index is 1.54. The smallest absolute Gasteiger partial charge is 0.329 e. The summed E-state index contributed by atoms with van der Waals surface area (Å²) in [5.41, 5.74) is 1.95. The monoisotopic (exact) mass is 533 g/mol. The average molecular weight is 534 g/mol. The van der Waals surface area contributed by atoms with Gasteiger partial charge in [0.1, 0.15) is 11.4 Å². The lowest BCUT2D eigenvalue weighted by Crippen LogP contribution is -2.62. The van der Waals surface area contributed by atoms with Gasteiger partial charge in [0.2, 0.25) is 5.91 Å². The second kappa shape index (κ2) is 10.8. The number of hydrogen-bond acceptors (Lipinski definition) is 3. The maximum Gasteiger partial charge on any atom is 0.329 e. The summed E-state index contributed by atoms with van der Waals surface area (Å²) < 4.78 is 13.2. The van der Waals surface area contributed by atoms with Crippen molar-refractivity contribution >= 4 is 46.0 Å². The molecule has 1 aliphatic carbocycles. The van der Waals surface area contributed by atoms with Gasteiger partial charge < -0.3 is 20.7 Å². The molecule has 36 heavy (non-hydrogen) atoms. The third-order valence-corrected chi connectivity index (χ3v) is 7.78. The van der Waals surface area contributed by atoms with Crippen LogP contribution in [0.5, 0.6) is 0 Å². The molecule has 1 heterocycles. The fourth-order valence-corrected chi connectivity index (χ4v) is 5.48. The van der Waals surface area contributed by atoms with Crippen LogP contribution in [0.25, 0.3) is 10.9 Å². The molecule has 6 nitrogen and oxygen atoms in total. The summed E-state index contributed by atoms with van der Waals surface area (Å²) in [6, 6.07) is 9.10. The minimum absolute atomic E-state index is 0.0195. The van der Waals surface area contributed by atoms with Crippen molar-refractivity contribution in [3.05, 3.63) is 69.1 Å². The Hall–Kier alpha value is -2.61. The molecule has 1 unspecified atom stereocenters. The molecule has 9 heteroatoms. The number of aryl methyl sites for hydroxylation is 1. The molecule has 0 bridgehead atoms. The van der Waals surface area contributed by atoms with Crippen molar-refractivity contribution in [3.8, 4) is 0 Å². The largest absolute Gasteiger partial charge is 0.479 e. The van der Waals surface area contributed by atoms with Crippen LogP contribution in [-0.4, -0.2) is 40.1 Å². The molecule has 4 rings (SSSR count). The Morgan fingerprint density at radius 1 is 1.22 bits per heavy atom. The highest BCUT2D eigenvalue weighted by molar-refractivity contribution is 6.38. The Bertz CT molecular complexity index is 1280. The number of carboxylic acids is 1. The molecular weight excluding hydrogens is 504 g/mol. The normalized spacial score (nSPS) is 19.0. The standard InChI is InChI=1S/C27H30Cl2FN3O3/c1-3-15(2)23(31-11-9-16-4-6-18(30)7-5-16)25(34)33-27(26(35)36)10-8-22-20(14-27)19-12-17(28)13-21(29)24(19)32-22/h4-7,12-13,15,23,31-32H,3,8-11,14H2,1-2H3,(H,33,34)(H,35,36)/t15?,23-,27+/m0/s1. The van der Waals surface area contributed by atoms with Crippen molar-refractivity contribution < 1.29 is 19.1 Å². The number of fused-ring (bicyclic) bond motifs is 3. The average Bonchev–Trinajstić information content (AvgIpc) is 3.20. The number of aromatic nitrogens is 1. The summed E-state index contributed by atoms with van der Waals surface area (Å²) >= 11 is 12.6. The number of rotatable bonds is 9. The molecular formula is C27H30Cl2FN3O3. The quantitative estimate of drug-likeness (QED) is 0.300. The SMILES string of the molecule is CCC(C)[C@H](NCCc1ccc(F)cc1)C(=O)N[C@]1(C(=O)O)CCc2[nH]c3c(Cl)cc(Cl)cc3c2C1. The van der Waals surface area contributed by atoms with E-state index in [0.29, 0.717) is 29.4 Å². The van der Waals surface area contributed by atoms with Crippen LogP contribution >= 0.6 is 23.2 Å². The number of carboxylic acid groups (broad SMARTS) is 1. The summed E-state index contributed by atoms with van der Waals surface area (Å²) in [6.07, 6.45) is 2.19. The topological polar surface area (TPSA) is 94.2 Å². The van der Waals surface area contributed by atoms with Crippen LogP contribution in [0, 0.1) is 11.7 Å². The predicted octanol–water partition coefficient (Wildman–Crippen LogP) is 5.29. The van der Waals surface area contributed by atoms with E-state index in [1.165, 1.54) is 12.1 Å². The summed E-state index contributed by atoms with van der Waals surface area (Å²) in [5, 5.41) is 18.2. The van der Waals surface area contributed by atoms with Gasteiger partial charge >= 0.3 is 5.97 Å². The molecule has 192 valence electrons. The first-order chi connectivity index (χ1) is 17.1. The number of nitrogens with one attached hydrogen (secondary N) is 3. The fourth-order valence-electron chi connectivity index (χ4n) is 4.94. The molecule has 0 saturated heterocycles. The minimum Gasteiger partial charge on any atom is -0.479 e. The zero-order valence-electron chi connectivity index (χ0n) is 20.3. The first kappa shape index (κ1) is 26.5.